The van der Waals surface area contributed by atoms with Crippen molar-refractivity contribution in [1.82, 2.24) is 4.57 Å². The van der Waals surface area contributed by atoms with E-state index >= 15 is 0 Å². The molecule has 154 valence electrons. The number of nitrogens with zero attached hydrogens (tertiary/aromatic N) is 1. The van der Waals surface area contributed by atoms with Crippen LogP contribution in [-0.2, 0) is 6.54 Å². The molecule has 0 radical (unpaired) electrons. The van der Waals surface area contributed by atoms with Crippen LogP contribution in [0, 0.1) is 0 Å². The monoisotopic (exact) mass is 473 g/mol. The Hall–Kier alpha value is -3.44. The molecule has 0 saturated carbocycles. The standard InChI is InChI=1S/C26H20BrNO3/c1-31-22-12-9-18(10-13-22)26(30)17-28-16-20(23-7-2-3-8-24(23)28)11-14-25(29)19-5-4-6-21(27)15-19/h2-16H,17H2,1H3/b14-11+. The van der Waals surface area contributed by atoms with Gasteiger partial charge in [-0.15, -0.1) is 0 Å². The number of carbonyl (C=O) groups is 2. The molecule has 1 aromatic heterocycles. The maximum atomic E-state index is 12.8. The lowest BCUT2D eigenvalue weighted by atomic mass is 10.1. The van der Waals surface area contributed by atoms with Gasteiger partial charge in [0.1, 0.15) is 5.75 Å². The van der Waals surface area contributed by atoms with E-state index in [4.69, 9.17) is 4.74 Å². The average molecular weight is 474 g/mol. The number of hydrogen-bond acceptors (Lipinski definition) is 3. The molecule has 4 nitrogen and oxygen atoms in total. The molecule has 0 aliphatic carbocycles. The second-order valence-electron chi connectivity index (χ2n) is 7.09. The first-order chi connectivity index (χ1) is 15.0. The van der Waals surface area contributed by atoms with Crippen LogP contribution in [0.25, 0.3) is 17.0 Å². The number of carbonyl (C=O) groups excluding carboxylic acids is 2. The van der Waals surface area contributed by atoms with Crippen LogP contribution < -0.4 is 4.74 Å². The average Bonchev–Trinajstić information content (AvgIpc) is 3.15. The van der Waals surface area contributed by atoms with Gasteiger partial charge in [0.2, 0.25) is 0 Å². The first-order valence-electron chi connectivity index (χ1n) is 9.78. The lowest BCUT2D eigenvalue weighted by Crippen LogP contribution is -2.09. The van der Waals surface area contributed by atoms with Crippen molar-refractivity contribution in [2.45, 2.75) is 6.54 Å². The number of fused-ring (bicyclic) bond motifs is 1. The van der Waals surface area contributed by atoms with E-state index in [0.717, 1.165) is 20.9 Å². The number of para-hydroxylation sites is 1. The van der Waals surface area contributed by atoms with Gasteiger partial charge in [-0.1, -0.05) is 46.3 Å². The summed E-state index contributed by atoms with van der Waals surface area (Å²) in [6.45, 7) is 0.209. The number of aromatic nitrogens is 1. The van der Waals surface area contributed by atoms with Crippen molar-refractivity contribution in [2.75, 3.05) is 7.11 Å². The molecule has 0 fully saturated rings. The van der Waals surface area contributed by atoms with Gasteiger partial charge >= 0.3 is 0 Å². The molecule has 0 atom stereocenters. The minimum absolute atomic E-state index is 0.00384. The van der Waals surface area contributed by atoms with Crippen LogP contribution in [0.1, 0.15) is 26.3 Å². The minimum Gasteiger partial charge on any atom is -0.497 e. The molecule has 4 aromatic rings. The van der Waals surface area contributed by atoms with Gasteiger partial charge in [0, 0.05) is 38.3 Å². The third kappa shape index (κ3) is 4.67. The molecule has 0 amide bonds. The summed E-state index contributed by atoms with van der Waals surface area (Å²) in [4.78, 5) is 25.4. The minimum atomic E-state index is -0.0764. The van der Waals surface area contributed by atoms with Crippen LogP contribution in [0.5, 0.6) is 5.75 Å². The molecular weight excluding hydrogens is 454 g/mol. The fraction of sp³-hybridized carbons (Fsp3) is 0.0769. The molecule has 0 saturated heterocycles. The second-order valence-corrected chi connectivity index (χ2v) is 8.00. The molecule has 31 heavy (non-hydrogen) atoms. The van der Waals surface area contributed by atoms with E-state index in [-0.39, 0.29) is 18.1 Å². The molecule has 0 spiro atoms. The summed E-state index contributed by atoms with van der Waals surface area (Å²) in [5.74, 6) is 0.641. The van der Waals surface area contributed by atoms with Crippen molar-refractivity contribution < 1.29 is 14.3 Å². The summed E-state index contributed by atoms with van der Waals surface area (Å²) < 4.78 is 7.94. The van der Waals surface area contributed by atoms with Gasteiger partial charge in [-0.2, -0.15) is 0 Å². The first kappa shape index (κ1) is 20.8. The fourth-order valence-corrected chi connectivity index (χ4v) is 3.86. The smallest absolute Gasteiger partial charge is 0.185 e. The summed E-state index contributed by atoms with van der Waals surface area (Å²) in [5.41, 5.74) is 3.07. The van der Waals surface area contributed by atoms with Crippen molar-refractivity contribution in [3.8, 4) is 5.75 Å². The van der Waals surface area contributed by atoms with Crippen LogP contribution in [0.15, 0.2) is 89.5 Å². The van der Waals surface area contributed by atoms with Gasteiger partial charge in [-0.25, -0.2) is 0 Å². The fourth-order valence-electron chi connectivity index (χ4n) is 3.47. The molecule has 3 aromatic carbocycles. The van der Waals surface area contributed by atoms with Gasteiger partial charge in [0.15, 0.2) is 11.6 Å². The van der Waals surface area contributed by atoms with Gasteiger partial charge in [-0.05, 0) is 54.6 Å². The summed E-state index contributed by atoms with van der Waals surface area (Å²) in [6, 6.07) is 22.3. The lowest BCUT2D eigenvalue weighted by Gasteiger charge is -2.06. The summed E-state index contributed by atoms with van der Waals surface area (Å²) >= 11 is 3.39. The summed E-state index contributed by atoms with van der Waals surface area (Å²) in [5, 5.41) is 0.989. The van der Waals surface area contributed by atoms with Crippen LogP contribution >= 0.6 is 15.9 Å². The molecule has 5 heteroatoms. The maximum Gasteiger partial charge on any atom is 0.185 e. The molecule has 4 rings (SSSR count). The number of benzene rings is 3. The Morgan fingerprint density at radius 2 is 1.74 bits per heavy atom. The number of rotatable bonds is 7. The Labute approximate surface area is 188 Å². The van der Waals surface area contributed by atoms with E-state index in [9.17, 15) is 9.59 Å². The van der Waals surface area contributed by atoms with Gasteiger partial charge < -0.3 is 9.30 Å². The van der Waals surface area contributed by atoms with Gasteiger partial charge in [0.25, 0.3) is 0 Å². The Morgan fingerprint density at radius 1 is 0.968 bits per heavy atom. The highest BCUT2D eigenvalue weighted by molar-refractivity contribution is 9.10. The number of ketones is 2. The van der Waals surface area contributed by atoms with E-state index < -0.39 is 0 Å². The zero-order valence-corrected chi connectivity index (χ0v) is 18.5. The van der Waals surface area contributed by atoms with Crippen molar-refractivity contribution >= 4 is 44.5 Å². The van der Waals surface area contributed by atoms with Crippen LogP contribution in [0.4, 0.5) is 0 Å². The van der Waals surface area contributed by atoms with Crippen LogP contribution in [0.3, 0.4) is 0 Å². The molecular formula is C26H20BrNO3. The largest absolute Gasteiger partial charge is 0.497 e. The predicted molar refractivity (Wildman–Crippen MR) is 127 cm³/mol. The van der Waals surface area contributed by atoms with Crippen molar-refractivity contribution in [1.29, 1.82) is 0 Å². The number of Topliss-reactive ketones (excluding diaryl/α,β-unsaturated/α-hetero) is 1. The van der Waals surface area contributed by atoms with Crippen LogP contribution in [-0.4, -0.2) is 23.2 Å². The zero-order chi connectivity index (χ0) is 21.8. The molecule has 0 bridgehead atoms. The number of allylic oxidation sites excluding steroid dienone is 1. The van der Waals surface area contributed by atoms with E-state index in [1.165, 1.54) is 0 Å². The highest BCUT2D eigenvalue weighted by atomic mass is 79.9. The van der Waals surface area contributed by atoms with Gasteiger partial charge in [-0.3, -0.25) is 9.59 Å². The SMILES string of the molecule is COc1ccc(C(=O)Cn2cc(/C=C/C(=O)c3cccc(Br)c3)c3ccccc32)cc1. The molecule has 0 aliphatic heterocycles. The van der Waals surface area contributed by atoms with Crippen molar-refractivity contribution in [3.63, 3.8) is 0 Å². The first-order valence-corrected chi connectivity index (χ1v) is 10.6. The van der Waals surface area contributed by atoms with Crippen molar-refractivity contribution in [2.24, 2.45) is 0 Å². The van der Waals surface area contributed by atoms with E-state index in [0.29, 0.717) is 16.9 Å². The van der Waals surface area contributed by atoms with E-state index in [1.54, 1.807) is 55.7 Å². The molecule has 0 unspecified atom stereocenters. The van der Waals surface area contributed by atoms with Crippen LogP contribution in [0.2, 0.25) is 0 Å². The Morgan fingerprint density at radius 3 is 2.48 bits per heavy atom. The molecule has 1 heterocycles. The highest BCUT2D eigenvalue weighted by Crippen LogP contribution is 2.24. The van der Waals surface area contributed by atoms with E-state index in [1.807, 2.05) is 47.2 Å². The quantitative estimate of drug-likeness (QED) is 0.237. The normalized spacial score (nSPS) is 11.2. The highest BCUT2D eigenvalue weighted by Gasteiger charge is 2.12. The number of halogens is 1. The zero-order valence-electron chi connectivity index (χ0n) is 16.9. The topological polar surface area (TPSA) is 48.3 Å². The maximum absolute atomic E-state index is 12.8. The Bertz CT molecular complexity index is 1290. The number of hydrogen-bond donors (Lipinski definition) is 0. The number of methoxy groups -OCH3 is 1. The molecule has 0 aliphatic rings. The summed E-state index contributed by atoms with van der Waals surface area (Å²) in [6.07, 6.45) is 5.29. The third-order valence-corrected chi connectivity index (χ3v) is 5.56. The predicted octanol–water partition coefficient (Wildman–Crippen LogP) is 6.19. The van der Waals surface area contributed by atoms with Gasteiger partial charge in [0.05, 0.1) is 13.7 Å². The molecule has 0 N–H and O–H groups in total. The Kier molecular flexibility index (Phi) is 6.14. The lowest BCUT2D eigenvalue weighted by molar-refractivity contribution is 0.0972. The number of ether oxygens (including phenoxy) is 1. The Balaban J connectivity index is 1.61. The second kappa shape index (κ2) is 9.14. The summed E-state index contributed by atoms with van der Waals surface area (Å²) in [7, 11) is 1.60. The third-order valence-electron chi connectivity index (χ3n) is 5.07. The van der Waals surface area contributed by atoms with Crippen molar-refractivity contribution in [3.05, 3.63) is 106 Å². The van der Waals surface area contributed by atoms with E-state index in [2.05, 4.69) is 15.9 Å².